The number of unbranched alkanes of at least 4 members (excludes halogenated alkanes) is 17. The second-order valence-corrected chi connectivity index (χ2v) is 18.6. The molecule has 14 nitrogen and oxygen atoms in total. The van der Waals surface area contributed by atoms with Crippen molar-refractivity contribution >= 4 is 5.91 Å². The number of carbonyl (C=O) groups excluding carboxylic acids is 1. The Kier molecular flexibility index (Phi) is 37.1. The minimum absolute atomic E-state index is 0.254. The topological polar surface area (TPSA) is 228 Å². The van der Waals surface area contributed by atoms with E-state index in [4.69, 9.17) is 18.9 Å². The molecule has 9 N–H and O–H groups in total. The fourth-order valence-corrected chi connectivity index (χ4v) is 8.30. The van der Waals surface area contributed by atoms with Gasteiger partial charge in [-0.05, 0) is 70.6 Å². The highest BCUT2D eigenvalue weighted by Gasteiger charge is 2.51. The first-order valence-corrected chi connectivity index (χ1v) is 26.7. The van der Waals surface area contributed by atoms with Gasteiger partial charge in [-0.2, -0.15) is 0 Å². The minimum Gasteiger partial charge on any atom is -0.394 e. The highest BCUT2D eigenvalue weighted by molar-refractivity contribution is 5.76. The van der Waals surface area contributed by atoms with Crippen molar-refractivity contribution in [2.75, 3.05) is 19.8 Å². The average Bonchev–Trinajstić information content (AvgIpc) is 3.35. The molecule has 2 aliphatic rings. The fourth-order valence-electron chi connectivity index (χ4n) is 8.30. The number of allylic oxidation sites excluding steroid dienone is 11. The lowest BCUT2D eigenvalue weighted by molar-refractivity contribution is -0.359. The number of ether oxygens (including phenoxy) is 4. The van der Waals surface area contributed by atoms with E-state index in [2.05, 4.69) is 79.9 Å². The zero-order valence-electron chi connectivity index (χ0n) is 42.3. The van der Waals surface area contributed by atoms with Crippen LogP contribution < -0.4 is 5.32 Å². The van der Waals surface area contributed by atoms with Gasteiger partial charge in [-0.3, -0.25) is 4.79 Å². The molecule has 2 heterocycles. The molecule has 0 aromatic rings. The van der Waals surface area contributed by atoms with Crippen molar-refractivity contribution in [3.05, 3.63) is 72.9 Å². The largest absolute Gasteiger partial charge is 0.394 e. The van der Waals surface area contributed by atoms with Crippen LogP contribution in [0, 0.1) is 0 Å². The summed E-state index contributed by atoms with van der Waals surface area (Å²) < 4.78 is 22.7. The van der Waals surface area contributed by atoms with Crippen LogP contribution in [0.3, 0.4) is 0 Å². The van der Waals surface area contributed by atoms with Crippen molar-refractivity contribution in [1.82, 2.24) is 5.32 Å². The molecular weight excluding hydrogens is 883 g/mol. The van der Waals surface area contributed by atoms with E-state index < -0.39 is 86.8 Å². The Bertz CT molecular complexity index is 1430. The van der Waals surface area contributed by atoms with E-state index in [0.29, 0.717) is 12.8 Å². The molecule has 2 rings (SSSR count). The maximum Gasteiger partial charge on any atom is 0.220 e. The molecular formula is C55H95NO13. The van der Waals surface area contributed by atoms with Gasteiger partial charge in [0.1, 0.15) is 48.8 Å². The van der Waals surface area contributed by atoms with Crippen LogP contribution in [0.25, 0.3) is 0 Å². The van der Waals surface area contributed by atoms with Gasteiger partial charge in [0.05, 0.1) is 32.0 Å². The third-order valence-electron chi connectivity index (χ3n) is 12.6. The SMILES string of the molecule is CC/C=C\C/C=C\C/C=C\C/C=C\CCCCCCCCC(=O)NC(COC1OC(CO)C(OC2OC(CO)C(O)C(O)C2O)C(O)C1O)C(O)/C=C/CC/C=C/CCCCCCCCCCCC. The Balaban J connectivity index is 1.85. The summed E-state index contributed by atoms with van der Waals surface area (Å²) >= 11 is 0. The van der Waals surface area contributed by atoms with E-state index >= 15 is 0 Å². The molecule has 0 aromatic carbocycles. The minimum atomic E-state index is -1.79. The quantitative estimate of drug-likeness (QED) is 0.0213. The standard InChI is InChI=1S/C55H95NO13/c1-3-5-7-9-11-13-15-17-19-21-22-23-25-27-29-31-33-35-37-39-47(60)56-43(44(59)38-36-34-32-30-28-26-24-20-18-16-14-12-10-8-6-4-2)42-66-54-52(65)50(63)53(46(41-58)68-54)69-55-51(64)49(62)48(61)45(40-57)67-55/h5,7,11,13,17,19,22-23,28,30,36,38,43-46,48-55,57-59,61-65H,3-4,6,8-10,12,14-16,18,20-21,24-27,29,31-35,37,39-42H2,1-2H3,(H,56,60)/b7-5-,13-11-,19-17-,23-22-,30-28+,38-36+. The molecule has 0 radical (unpaired) electrons. The number of nitrogens with one attached hydrogen (secondary N) is 1. The highest BCUT2D eigenvalue weighted by Crippen LogP contribution is 2.30. The van der Waals surface area contributed by atoms with Gasteiger partial charge in [-0.25, -0.2) is 0 Å². The fraction of sp³-hybridized carbons (Fsp3) is 0.764. The second kappa shape index (κ2) is 41.0. The molecule has 69 heavy (non-hydrogen) atoms. The maximum absolute atomic E-state index is 13.2. The van der Waals surface area contributed by atoms with E-state index in [-0.39, 0.29) is 18.9 Å². The molecule has 12 unspecified atom stereocenters. The van der Waals surface area contributed by atoms with Crippen molar-refractivity contribution in [2.45, 2.75) is 248 Å². The Morgan fingerprint density at radius 2 is 1.01 bits per heavy atom. The van der Waals surface area contributed by atoms with Gasteiger partial charge in [-0.1, -0.05) is 170 Å². The summed E-state index contributed by atoms with van der Waals surface area (Å²) in [5.74, 6) is -0.267. The molecule has 1 amide bonds. The Labute approximate surface area is 415 Å². The van der Waals surface area contributed by atoms with Crippen LogP contribution in [0.1, 0.15) is 174 Å². The lowest BCUT2D eigenvalue weighted by Gasteiger charge is -2.46. The number of carbonyl (C=O) groups is 1. The summed E-state index contributed by atoms with van der Waals surface area (Å²) in [4.78, 5) is 13.2. The first kappa shape index (κ1) is 62.5. The first-order chi connectivity index (χ1) is 33.6. The lowest BCUT2D eigenvalue weighted by Crippen LogP contribution is -2.65. The van der Waals surface area contributed by atoms with Gasteiger partial charge in [-0.15, -0.1) is 0 Å². The van der Waals surface area contributed by atoms with E-state index in [1.54, 1.807) is 6.08 Å². The van der Waals surface area contributed by atoms with E-state index in [1.807, 2.05) is 6.08 Å². The van der Waals surface area contributed by atoms with E-state index in [9.17, 15) is 45.6 Å². The highest BCUT2D eigenvalue weighted by atomic mass is 16.7. The summed E-state index contributed by atoms with van der Waals surface area (Å²) in [7, 11) is 0. The number of aliphatic hydroxyl groups excluding tert-OH is 8. The van der Waals surface area contributed by atoms with Gasteiger partial charge >= 0.3 is 0 Å². The molecule has 398 valence electrons. The molecule has 0 saturated carbocycles. The van der Waals surface area contributed by atoms with Crippen LogP contribution in [0.4, 0.5) is 0 Å². The van der Waals surface area contributed by atoms with Gasteiger partial charge in [0.25, 0.3) is 0 Å². The van der Waals surface area contributed by atoms with Crippen LogP contribution in [0.5, 0.6) is 0 Å². The zero-order chi connectivity index (χ0) is 50.3. The molecule has 12 atom stereocenters. The van der Waals surface area contributed by atoms with Crippen molar-refractivity contribution < 1.29 is 64.6 Å². The molecule has 14 heteroatoms. The van der Waals surface area contributed by atoms with Crippen molar-refractivity contribution in [1.29, 1.82) is 0 Å². The number of aliphatic hydroxyl groups is 8. The summed E-state index contributed by atoms with van der Waals surface area (Å²) in [6.07, 6.45) is 35.0. The Morgan fingerprint density at radius 1 is 0.536 bits per heavy atom. The molecule has 0 aliphatic carbocycles. The summed E-state index contributed by atoms with van der Waals surface area (Å²) in [5.41, 5.74) is 0. The number of rotatable bonds is 40. The van der Waals surface area contributed by atoms with E-state index in [0.717, 1.165) is 77.0 Å². The summed E-state index contributed by atoms with van der Waals surface area (Å²) in [5, 5.41) is 86.8. The maximum atomic E-state index is 13.2. The van der Waals surface area contributed by atoms with Crippen LogP contribution in [-0.4, -0.2) is 140 Å². The summed E-state index contributed by atoms with van der Waals surface area (Å²) in [6.45, 7) is 2.63. The Morgan fingerprint density at radius 3 is 1.59 bits per heavy atom. The predicted octanol–water partition coefficient (Wildman–Crippen LogP) is 7.60. The van der Waals surface area contributed by atoms with Gasteiger partial charge in [0.15, 0.2) is 12.6 Å². The van der Waals surface area contributed by atoms with Crippen LogP contribution >= 0.6 is 0 Å². The smallest absolute Gasteiger partial charge is 0.220 e. The Hall–Kier alpha value is -2.57. The first-order valence-electron chi connectivity index (χ1n) is 26.7. The predicted molar refractivity (Wildman–Crippen MR) is 272 cm³/mol. The van der Waals surface area contributed by atoms with Crippen molar-refractivity contribution in [2.24, 2.45) is 0 Å². The molecule has 2 fully saturated rings. The van der Waals surface area contributed by atoms with Crippen LogP contribution in [0.2, 0.25) is 0 Å². The third kappa shape index (κ3) is 27.7. The molecule has 0 aromatic heterocycles. The van der Waals surface area contributed by atoms with Crippen molar-refractivity contribution in [3.8, 4) is 0 Å². The van der Waals surface area contributed by atoms with Crippen LogP contribution in [0.15, 0.2) is 72.9 Å². The van der Waals surface area contributed by atoms with E-state index in [1.165, 1.54) is 64.2 Å². The summed E-state index contributed by atoms with van der Waals surface area (Å²) in [6, 6.07) is -0.942. The average molecular weight is 978 g/mol. The number of hydrogen-bond donors (Lipinski definition) is 9. The van der Waals surface area contributed by atoms with Gasteiger partial charge < -0.3 is 65.1 Å². The third-order valence-corrected chi connectivity index (χ3v) is 12.6. The monoisotopic (exact) mass is 978 g/mol. The van der Waals surface area contributed by atoms with Gasteiger partial charge in [0, 0.05) is 6.42 Å². The van der Waals surface area contributed by atoms with Crippen molar-refractivity contribution in [3.63, 3.8) is 0 Å². The number of amides is 1. The van der Waals surface area contributed by atoms with Crippen LogP contribution in [-0.2, 0) is 23.7 Å². The lowest BCUT2D eigenvalue weighted by atomic mass is 9.97. The van der Waals surface area contributed by atoms with Gasteiger partial charge in [0.2, 0.25) is 5.91 Å². The normalized spacial score (nSPS) is 26.8. The molecule has 2 saturated heterocycles. The zero-order valence-corrected chi connectivity index (χ0v) is 42.3. The second-order valence-electron chi connectivity index (χ2n) is 18.6. The molecule has 2 aliphatic heterocycles. The number of hydrogen-bond acceptors (Lipinski definition) is 13. The molecule has 0 spiro atoms. The molecule has 0 bridgehead atoms.